The van der Waals surface area contributed by atoms with Crippen LogP contribution in [0.3, 0.4) is 0 Å². The van der Waals surface area contributed by atoms with Crippen molar-refractivity contribution in [3.63, 3.8) is 0 Å². The molecule has 0 N–H and O–H groups in total. The Morgan fingerprint density at radius 2 is 1.40 bits per heavy atom. The van der Waals surface area contributed by atoms with Crippen LogP contribution in [0, 0.1) is 0 Å². The lowest BCUT2D eigenvalue weighted by Crippen LogP contribution is -1.96. The molecule has 0 aliphatic rings. The number of ether oxygens (including phenoxy) is 1. The average molecular weight is 272 g/mol. The normalized spacial score (nSPS) is 8.85. The monoisotopic (exact) mass is 272 g/mol. The highest BCUT2D eigenvalue weighted by Gasteiger charge is 1.92. The van der Waals surface area contributed by atoms with Crippen LogP contribution in [0.4, 0.5) is 0 Å². The average Bonchev–Trinajstić information content (AvgIpc) is 2.50. The van der Waals surface area contributed by atoms with E-state index in [2.05, 4.69) is 16.4 Å². The van der Waals surface area contributed by atoms with Gasteiger partial charge in [-0.15, -0.1) is 0 Å². The summed E-state index contributed by atoms with van der Waals surface area (Å²) < 4.78 is 5.58. The van der Waals surface area contributed by atoms with Crippen LogP contribution in [0.2, 0.25) is 0 Å². The van der Waals surface area contributed by atoms with E-state index in [1.54, 1.807) is 0 Å². The molecule has 0 heterocycles. The minimum Gasteiger partial charge on any atom is -0.457 e. The molecule has 0 amide bonds. The quantitative estimate of drug-likeness (QED) is 0.483. The maximum atomic E-state index is 9.95. The van der Waals surface area contributed by atoms with E-state index < -0.39 is 5.97 Å². The van der Waals surface area contributed by atoms with Crippen molar-refractivity contribution in [3.05, 3.63) is 73.3 Å². The molecule has 0 aromatic heterocycles. The maximum Gasteiger partial charge on any atom is 0.365 e. The third-order valence-electron chi connectivity index (χ3n) is 2.05. The fourth-order valence-electron chi connectivity index (χ4n) is 1.23. The molecular weight excluding hydrogens is 256 g/mol. The number of carbonyl (C=O) groups is 1. The van der Waals surface area contributed by atoms with Gasteiger partial charge in [0.05, 0.1) is 7.11 Å². The van der Waals surface area contributed by atoms with Crippen LogP contribution in [0.5, 0.6) is 11.5 Å². The highest BCUT2D eigenvalue weighted by atomic mass is 17.2. The van der Waals surface area contributed by atoms with Gasteiger partial charge in [0.15, 0.2) is 0 Å². The van der Waals surface area contributed by atoms with Crippen molar-refractivity contribution in [3.8, 4) is 11.5 Å². The lowest BCUT2D eigenvalue weighted by Gasteiger charge is -2.03. The molecule has 0 bridgehead atoms. The van der Waals surface area contributed by atoms with Gasteiger partial charge in [-0.2, -0.15) is 4.89 Å². The second-order valence-electron chi connectivity index (χ2n) is 3.50. The van der Waals surface area contributed by atoms with E-state index in [1.165, 1.54) is 7.11 Å². The standard InChI is InChI=1S/C12H10O.C4H6O3/c1-3-7-11(8-4-1)13-12-9-5-2-6-10-12;1-3-4(5)7-6-2/h1-10H;3H,1H2,2H3. The first-order valence-corrected chi connectivity index (χ1v) is 5.91. The Balaban J connectivity index is 0.000000246. The fraction of sp³-hybridized carbons (Fsp3) is 0.0625. The lowest BCUT2D eigenvalue weighted by atomic mass is 10.3. The second-order valence-corrected chi connectivity index (χ2v) is 3.50. The summed E-state index contributed by atoms with van der Waals surface area (Å²) in [6.45, 7) is 3.12. The Bertz CT molecular complexity index is 471. The van der Waals surface area contributed by atoms with E-state index in [-0.39, 0.29) is 0 Å². The van der Waals surface area contributed by atoms with E-state index in [0.29, 0.717) is 0 Å². The minimum absolute atomic E-state index is 0.581. The van der Waals surface area contributed by atoms with Crippen molar-refractivity contribution < 1.29 is 19.3 Å². The smallest absolute Gasteiger partial charge is 0.365 e. The molecule has 2 aromatic rings. The molecule has 4 heteroatoms. The number of hydrogen-bond acceptors (Lipinski definition) is 4. The molecule has 2 rings (SSSR count). The van der Waals surface area contributed by atoms with Crippen molar-refractivity contribution in [1.29, 1.82) is 0 Å². The van der Waals surface area contributed by atoms with Crippen LogP contribution in [0.25, 0.3) is 0 Å². The zero-order valence-corrected chi connectivity index (χ0v) is 11.2. The van der Waals surface area contributed by atoms with Crippen molar-refractivity contribution >= 4 is 5.97 Å². The third kappa shape index (κ3) is 6.37. The second kappa shape index (κ2) is 9.35. The lowest BCUT2D eigenvalue weighted by molar-refractivity contribution is -0.249. The largest absolute Gasteiger partial charge is 0.457 e. The molecule has 0 radical (unpaired) electrons. The van der Waals surface area contributed by atoms with Gasteiger partial charge < -0.3 is 4.74 Å². The summed E-state index contributed by atoms with van der Waals surface area (Å²) in [4.78, 5) is 17.9. The molecule has 0 spiro atoms. The van der Waals surface area contributed by atoms with Gasteiger partial charge in [-0.25, -0.2) is 4.79 Å². The Kier molecular flexibility index (Phi) is 7.23. The van der Waals surface area contributed by atoms with Gasteiger partial charge in [0.2, 0.25) is 0 Å². The zero-order valence-electron chi connectivity index (χ0n) is 11.2. The molecule has 2 aromatic carbocycles. The molecule has 0 unspecified atom stereocenters. The predicted molar refractivity (Wildman–Crippen MR) is 76.3 cm³/mol. The fourth-order valence-corrected chi connectivity index (χ4v) is 1.23. The van der Waals surface area contributed by atoms with Gasteiger partial charge in [-0.05, 0) is 24.3 Å². The summed E-state index contributed by atoms with van der Waals surface area (Å²) in [7, 11) is 1.25. The third-order valence-corrected chi connectivity index (χ3v) is 2.05. The first-order chi connectivity index (χ1) is 9.76. The molecule has 4 nitrogen and oxygen atoms in total. The first-order valence-electron chi connectivity index (χ1n) is 5.91. The van der Waals surface area contributed by atoms with E-state index in [1.807, 2.05) is 60.7 Å². The molecule has 104 valence electrons. The highest BCUT2D eigenvalue weighted by molar-refractivity contribution is 5.80. The molecule has 0 saturated carbocycles. The zero-order chi connectivity index (χ0) is 14.6. The van der Waals surface area contributed by atoms with Crippen molar-refractivity contribution in [2.75, 3.05) is 7.11 Å². The summed E-state index contributed by atoms with van der Waals surface area (Å²) in [5.41, 5.74) is 0. The Morgan fingerprint density at radius 1 is 0.950 bits per heavy atom. The van der Waals surface area contributed by atoms with Crippen molar-refractivity contribution in [2.45, 2.75) is 0 Å². The maximum absolute atomic E-state index is 9.95. The van der Waals surface area contributed by atoms with E-state index in [4.69, 9.17) is 4.74 Å². The van der Waals surface area contributed by atoms with E-state index in [0.717, 1.165) is 17.6 Å². The van der Waals surface area contributed by atoms with E-state index >= 15 is 0 Å². The van der Waals surface area contributed by atoms with Crippen LogP contribution >= 0.6 is 0 Å². The van der Waals surface area contributed by atoms with Gasteiger partial charge in [0.25, 0.3) is 0 Å². The van der Waals surface area contributed by atoms with Crippen LogP contribution in [-0.4, -0.2) is 13.1 Å². The molecule has 0 saturated heterocycles. The van der Waals surface area contributed by atoms with Crippen LogP contribution in [-0.2, 0) is 14.6 Å². The minimum atomic E-state index is -0.581. The Labute approximate surface area is 118 Å². The number of carbonyl (C=O) groups excluding carboxylic acids is 1. The predicted octanol–water partition coefficient (Wildman–Crippen LogP) is 3.76. The summed E-state index contributed by atoms with van der Waals surface area (Å²) in [6.07, 6.45) is 1.02. The number of para-hydroxylation sites is 2. The molecule has 20 heavy (non-hydrogen) atoms. The van der Waals surface area contributed by atoms with Crippen molar-refractivity contribution in [2.24, 2.45) is 0 Å². The van der Waals surface area contributed by atoms with Crippen LogP contribution in [0.1, 0.15) is 0 Å². The number of hydrogen-bond donors (Lipinski definition) is 0. The molecule has 0 aliphatic heterocycles. The molecule has 0 aliphatic carbocycles. The molecular formula is C16H16O4. The number of benzene rings is 2. The van der Waals surface area contributed by atoms with E-state index in [9.17, 15) is 4.79 Å². The Morgan fingerprint density at radius 3 is 1.70 bits per heavy atom. The van der Waals surface area contributed by atoms with Crippen LogP contribution in [0.15, 0.2) is 73.3 Å². The van der Waals surface area contributed by atoms with Gasteiger partial charge in [0.1, 0.15) is 11.5 Å². The van der Waals surface area contributed by atoms with Gasteiger partial charge in [-0.3, -0.25) is 4.89 Å². The SMILES string of the molecule is C=CC(=O)OOC.c1ccc(Oc2ccccc2)cc1. The van der Waals surface area contributed by atoms with Crippen molar-refractivity contribution in [1.82, 2.24) is 0 Å². The molecule has 0 fully saturated rings. The summed E-state index contributed by atoms with van der Waals surface area (Å²) >= 11 is 0. The van der Waals surface area contributed by atoms with Crippen LogP contribution < -0.4 is 4.74 Å². The first kappa shape index (κ1) is 15.5. The topological polar surface area (TPSA) is 44.8 Å². The summed E-state index contributed by atoms with van der Waals surface area (Å²) in [6, 6.07) is 19.5. The summed E-state index contributed by atoms with van der Waals surface area (Å²) in [5.74, 6) is 1.16. The van der Waals surface area contributed by atoms with Gasteiger partial charge >= 0.3 is 5.97 Å². The molecule has 0 atom stereocenters. The summed E-state index contributed by atoms with van der Waals surface area (Å²) in [5, 5.41) is 0. The Hall–Kier alpha value is -2.59. The van der Waals surface area contributed by atoms with Gasteiger partial charge in [0, 0.05) is 6.08 Å². The van der Waals surface area contributed by atoms with Gasteiger partial charge in [-0.1, -0.05) is 43.0 Å². The number of rotatable bonds is 4. The highest BCUT2D eigenvalue weighted by Crippen LogP contribution is 2.19.